The fourth-order valence-corrected chi connectivity index (χ4v) is 1.95. The third kappa shape index (κ3) is 3.46. The average molecular weight is 304 g/mol. The maximum Gasteiger partial charge on any atom is 0.336 e. The molecule has 0 spiro atoms. The van der Waals surface area contributed by atoms with Gasteiger partial charge in [0, 0.05) is 11.1 Å². The normalized spacial score (nSPS) is 10.7. The molecule has 0 bridgehead atoms. The van der Waals surface area contributed by atoms with Crippen LogP contribution in [0.3, 0.4) is 0 Å². The highest BCUT2D eigenvalue weighted by molar-refractivity contribution is 6.30. The summed E-state index contributed by atoms with van der Waals surface area (Å²) < 4.78 is 0. The molecular formula is C15H10ClNO4. The lowest BCUT2D eigenvalue weighted by molar-refractivity contribution is -0.385. The number of rotatable bonds is 4. The van der Waals surface area contributed by atoms with Crippen LogP contribution in [0.15, 0.2) is 42.5 Å². The van der Waals surface area contributed by atoms with Gasteiger partial charge in [-0.3, -0.25) is 10.1 Å². The third-order valence-electron chi connectivity index (χ3n) is 2.82. The van der Waals surface area contributed by atoms with Crippen LogP contribution in [0, 0.1) is 10.1 Å². The molecule has 0 aromatic heterocycles. The van der Waals surface area contributed by atoms with Gasteiger partial charge < -0.3 is 5.11 Å². The number of carbonyl (C=O) groups is 1. The van der Waals surface area contributed by atoms with E-state index in [1.807, 2.05) is 0 Å². The van der Waals surface area contributed by atoms with Crippen molar-refractivity contribution in [1.29, 1.82) is 0 Å². The second kappa shape index (κ2) is 6.19. The molecular weight excluding hydrogens is 294 g/mol. The molecule has 0 radical (unpaired) electrons. The highest BCUT2D eigenvalue weighted by Gasteiger charge is 2.18. The first kappa shape index (κ1) is 14.7. The van der Waals surface area contributed by atoms with Gasteiger partial charge in [0.2, 0.25) is 0 Å². The summed E-state index contributed by atoms with van der Waals surface area (Å²) in [5.41, 5.74) is 0.452. The van der Waals surface area contributed by atoms with E-state index in [4.69, 9.17) is 16.7 Å². The van der Waals surface area contributed by atoms with Crippen molar-refractivity contribution in [3.8, 4) is 0 Å². The summed E-state index contributed by atoms with van der Waals surface area (Å²) in [6, 6.07) is 10.8. The Morgan fingerprint density at radius 2 is 1.81 bits per heavy atom. The lowest BCUT2D eigenvalue weighted by Crippen LogP contribution is -2.02. The zero-order chi connectivity index (χ0) is 15.4. The SMILES string of the molecule is O=C(O)c1cccc([N+](=O)[O-])c1/C=C/c1ccc(Cl)cc1. The van der Waals surface area contributed by atoms with Gasteiger partial charge in [0.1, 0.15) is 0 Å². The summed E-state index contributed by atoms with van der Waals surface area (Å²) in [6.07, 6.45) is 3.02. The minimum Gasteiger partial charge on any atom is -0.478 e. The van der Waals surface area contributed by atoms with E-state index in [9.17, 15) is 14.9 Å². The first-order chi connectivity index (χ1) is 9.99. The highest BCUT2D eigenvalue weighted by atomic mass is 35.5. The Balaban J connectivity index is 2.48. The molecule has 0 atom stereocenters. The van der Waals surface area contributed by atoms with Gasteiger partial charge in [-0.25, -0.2) is 4.79 Å². The van der Waals surface area contributed by atoms with E-state index in [1.165, 1.54) is 24.3 Å². The summed E-state index contributed by atoms with van der Waals surface area (Å²) in [7, 11) is 0. The maximum atomic E-state index is 11.2. The van der Waals surface area contributed by atoms with Gasteiger partial charge >= 0.3 is 5.97 Å². The summed E-state index contributed by atoms with van der Waals surface area (Å²) in [5.74, 6) is -1.21. The zero-order valence-corrected chi connectivity index (χ0v) is 11.4. The molecule has 0 unspecified atom stereocenters. The molecule has 0 amide bonds. The van der Waals surface area contributed by atoms with E-state index >= 15 is 0 Å². The van der Waals surface area contributed by atoms with Crippen LogP contribution < -0.4 is 0 Å². The number of aromatic carboxylic acids is 1. The zero-order valence-electron chi connectivity index (χ0n) is 10.7. The summed E-state index contributed by atoms with van der Waals surface area (Å²) in [4.78, 5) is 21.6. The average Bonchev–Trinajstić information content (AvgIpc) is 2.46. The lowest BCUT2D eigenvalue weighted by Gasteiger charge is -2.02. The number of hydrogen-bond donors (Lipinski definition) is 1. The Morgan fingerprint density at radius 3 is 2.38 bits per heavy atom. The van der Waals surface area contributed by atoms with Gasteiger partial charge in [-0.2, -0.15) is 0 Å². The van der Waals surface area contributed by atoms with Crippen LogP contribution in [-0.4, -0.2) is 16.0 Å². The van der Waals surface area contributed by atoms with E-state index in [0.717, 1.165) is 5.56 Å². The molecule has 2 aromatic carbocycles. The minimum absolute atomic E-state index is 0.0601. The van der Waals surface area contributed by atoms with Gasteiger partial charge in [-0.15, -0.1) is 0 Å². The van der Waals surface area contributed by atoms with Crippen LogP contribution in [0.5, 0.6) is 0 Å². The minimum atomic E-state index is -1.21. The molecule has 0 saturated heterocycles. The molecule has 0 aliphatic carbocycles. The molecule has 21 heavy (non-hydrogen) atoms. The first-order valence-electron chi connectivity index (χ1n) is 5.93. The van der Waals surface area contributed by atoms with E-state index in [1.54, 1.807) is 30.3 Å². The van der Waals surface area contributed by atoms with E-state index in [0.29, 0.717) is 5.02 Å². The van der Waals surface area contributed by atoms with Crippen molar-refractivity contribution < 1.29 is 14.8 Å². The van der Waals surface area contributed by atoms with E-state index in [2.05, 4.69) is 0 Å². The fraction of sp³-hybridized carbons (Fsp3) is 0. The third-order valence-corrected chi connectivity index (χ3v) is 3.07. The highest BCUT2D eigenvalue weighted by Crippen LogP contribution is 2.25. The molecule has 6 heteroatoms. The molecule has 0 aliphatic heterocycles. The Hall–Kier alpha value is -2.66. The quantitative estimate of drug-likeness (QED) is 0.523. The second-order valence-corrected chi connectivity index (χ2v) is 4.62. The molecule has 2 aromatic rings. The standard InChI is InChI=1S/C15H10ClNO4/c16-11-7-4-10(5-8-11)6-9-12-13(15(18)19)2-1-3-14(12)17(20)21/h1-9H,(H,18,19)/b9-6+. The van der Waals surface area contributed by atoms with Crippen molar-refractivity contribution in [3.63, 3.8) is 0 Å². The Kier molecular flexibility index (Phi) is 4.35. The Bertz CT molecular complexity index is 691. The number of halogens is 1. The van der Waals surface area contributed by atoms with E-state index < -0.39 is 10.9 Å². The fourth-order valence-electron chi connectivity index (χ4n) is 1.83. The van der Waals surface area contributed by atoms with Crippen LogP contribution in [0.1, 0.15) is 21.5 Å². The molecule has 0 saturated carbocycles. The van der Waals surface area contributed by atoms with Crippen LogP contribution in [0.4, 0.5) is 5.69 Å². The number of benzene rings is 2. The van der Waals surface area contributed by atoms with Crippen LogP contribution in [0.2, 0.25) is 5.02 Å². The second-order valence-electron chi connectivity index (χ2n) is 4.19. The topological polar surface area (TPSA) is 80.4 Å². The van der Waals surface area contributed by atoms with Crippen LogP contribution in [0.25, 0.3) is 12.2 Å². The number of nitro groups is 1. The van der Waals surface area contributed by atoms with Crippen molar-refractivity contribution >= 4 is 35.4 Å². The maximum absolute atomic E-state index is 11.2. The predicted molar refractivity (Wildman–Crippen MR) is 80.4 cm³/mol. The van der Waals surface area contributed by atoms with Crippen molar-refractivity contribution in [2.75, 3.05) is 0 Å². The number of nitro benzene ring substituents is 1. The molecule has 106 valence electrons. The van der Waals surface area contributed by atoms with Crippen molar-refractivity contribution in [1.82, 2.24) is 0 Å². The van der Waals surface area contributed by atoms with Gasteiger partial charge in [0.25, 0.3) is 5.69 Å². The molecule has 5 nitrogen and oxygen atoms in total. The molecule has 1 N–H and O–H groups in total. The number of carboxylic acid groups (broad SMARTS) is 1. The smallest absolute Gasteiger partial charge is 0.336 e. The van der Waals surface area contributed by atoms with Gasteiger partial charge in [-0.05, 0) is 29.8 Å². The molecule has 0 fully saturated rings. The van der Waals surface area contributed by atoms with Gasteiger partial charge in [0.05, 0.1) is 16.1 Å². The first-order valence-corrected chi connectivity index (χ1v) is 6.31. The summed E-state index contributed by atoms with van der Waals surface area (Å²) >= 11 is 5.77. The largest absolute Gasteiger partial charge is 0.478 e. The summed E-state index contributed by atoms with van der Waals surface area (Å²) in [6.45, 7) is 0. The van der Waals surface area contributed by atoms with Crippen molar-refractivity contribution in [2.24, 2.45) is 0 Å². The predicted octanol–water partition coefficient (Wildman–Crippen LogP) is 4.12. The lowest BCUT2D eigenvalue weighted by atomic mass is 10.0. The molecule has 0 heterocycles. The Morgan fingerprint density at radius 1 is 1.14 bits per heavy atom. The van der Waals surface area contributed by atoms with Crippen molar-refractivity contribution in [3.05, 3.63) is 74.3 Å². The van der Waals surface area contributed by atoms with Crippen molar-refractivity contribution in [2.45, 2.75) is 0 Å². The number of carboxylic acids is 1. The summed E-state index contributed by atoms with van der Waals surface area (Å²) in [5, 5.41) is 20.7. The number of hydrogen-bond acceptors (Lipinski definition) is 3. The molecule has 0 aliphatic rings. The number of nitrogens with zero attached hydrogens (tertiary/aromatic N) is 1. The Labute approximate surface area is 125 Å². The monoisotopic (exact) mass is 303 g/mol. The van der Waals surface area contributed by atoms with Crippen LogP contribution in [-0.2, 0) is 0 Å². The van der Waals surface area contributed by atoms with E-state index in [-0.39, 0.29) is 16.8 Å². The van der Waals surface area contributed by atoms with Gasteiger partial charge in [-0.1, -0.05) is 35.9 Å². The van der Waals surface area contributed by atoms with Crippen LogP contribution >= 0.6 is 11.6 Å². The van der Waals surface area contributed by atoms with Gasteiger partial charge in [0.15, 0.2) is 0 Å². The molecule has 2 rings (SSSR count).